The zero-order valence-corrected chi connectivity index (χ0v) is 13.2. The van der Waals surface area contributed by atoms with E-state index in [0.29, 0.717) is 11.6 Å². The van der Waals surface area contributed by atoms with Crippen molar-refractivity contribution >= 4 is 29.4 Å². The maximum Gasteiger partial charge on any atom is 0.325 e. The largest absolute Gasteiger partial charge is 0.350 e. The maximum atomic E-state index is 12.1. The maximum absolute atomic E-state index is 12.1. The van der Waals surface area contributed by atoms with E-state index in [4.69, 9.17) is 11.6 Å². The number of hydrogen-bond donors (Lipinski definition) is 2. The predicted octanol–water partition coefficient (Wildman–Crippen LogP) is 1.53. The van der Waals surface area contributed by atoms with Crippen molar-refractivity contribution in [3.8, 4) is 0 Å². The lowest BCUT2D eigenvalue weighted by molar-refractivity contribution is -0.132. The summed E-state index contributed by atoms with van der Waals surface area (Å²) in [6.45, 7) is 3.72. The van der Waals surface area contributed by atoms with Crippen LogP contribution in [0, 0.1) is 5.92 Å². The highest BCUT2D eigenvalue weighted by Crippen LogP contribution is 2.13. The van der Waals surface area contributed by atoms with Crippen LogP contribution in [0.2, 0.25) is 5.02 Å². The smallest absolute Gasteiger partial charge is 0.325 e. The number of carbonyl (C=O) groups excluding carboxylic acids is 3. The highest BCUT2D eigenvalue weighted by atomic mass is 35.5. The Morgan fingerprint density at radius 1 is 1.32 bits per heavy atom. The third-order valence-corrected chi connectivity index (χ3v) is 3.68. The van der Waals surface area contributed by atoms with Crippen molar-refractivity contribution in [2.45, 2.75) is 26.4 Å². The summed E-state index contributed by atoms with van der Waals surface area (Å²) >= 11 is 5.78. The van der Waals surface area contributed by atoms with Crippen LogP contribution in [-0.2, 0) is 16.1 Å². The lowest BCUT2D eigenvalue weighted by atomic mass is 10.1. The Labute approximate surface area is 133 Å². The van der Waals surface area contributed by atoms with Crippen LogP contribution < -0.4 is 10.6 Å². The predicted molar refractivity (Wildman–Crippen MR) is 82.2 cm³/mol. The standard InChI is InChI=1S/C15H18ClN3O3/c1-9(2)13-14(21)19(15(22)18-13)8-12(20)17-7-10-3-5-11(16)6-4-10/h3-6,9,13H,7-8H2,1-2H3,(H,17,20)(H,18,22). The average Bonchev–Trinajstić information content (AvgIpc) is 2.75. The molecular formula is C15H18ClN3O3. The molecule has 1 aromatic rings. The molecule has 0 aliphatic carbocycles. The number of carbonyl (C=O) groups is 3. The topological polar surface area (TPSA) is 78.5 Å². The molecule has 118 valence electrons. The number of nitrogens with zero attached hydrogens (tertiary/aromatic N) is 1. The number of imide groups is 1. The molecule has 1 unspecified atom stereocenters. The molecule has 1 heterocycles. The number of halogens is 1. The molecule has 1 fully saturated rings. The Morgan fingerprint density at radius 3 is 2.50 bits per heavy atom. The minimum absolute atomic E-state index is 0.0152. The van der Waals surface area contributed by atoms with E-state index in [-0.39, 0.29) is 24.3 Å². The van der Waals surface area contributed by atoms with Crippen LogP contribution in [0.1, 0.15) is 19.4 Å². The van der Waals surface area contributed by atoms with E-state index in [9.17, 15) is 14.4 Å². The van der Waals surface area contributed by atoms with Gasteiger partial charge >= 0.3 is 6.03 Å². The third-order valence-electron chi connectivity index (χ3n) is 3.43. The Morgan fingerprint density at radius 2 is 1.95 bits per heavy atom. The van der Waals surface area contributed by atoms with Gasteiger partial charge in [0.2, 0.25) is 5.91 Å². The van der Waals surface area contributed by atoms with Gasteiger partial charge in [-0.3, -0.25) is 14.5 Å². The van der Waals surface area contributed by atoms with Crippen molar-refractivity contribution in [3.05, 3.63) is 34.9 Å². The summed E-state index contributed by atoms with van der Waals surface area (Å²) in [6.07, 6.45) is 0. The monoisotopic (exact) mass is 323 g/mol. The molecule has 1 aromatic carbocycles. The lowest BCUT2D eigenvalue weighted by Crippen LogP contribution is -2.41. The van der Waals surface area contributed by atoms with Gasteiger partial charge in [0.25, 0.3) is 5.91 Å². The first kappa shape index (κ1) is 16.3. The van der Waals surface area contributed by atoms with Crippen LogP contribution in [0.15, 0.2) is 24.3 Å². The molecule has 0 saturated carbocycles. The molecule has 0 radical (unpaired) electrons. The fourth-order valence-corrected chi connectivity index (χ4v) is 2.27. The molecule has 2 rings (SSSR count). The van der Waals surface area contributed by atoms with Crippen LogP contribution in [0.4, 0.5) is 4.79 Å². The van der Waals surface area contributed by atoms with Gasteiger partial charge in [-0.1, -0.05) is 37.6 Å². The number of amides is 4. The van der Waals surface area contributed by atoms with E-state index in [2.05, 4.69) is 10.6 Å². The Kier molecular flexibility index (Phi) is 5.03. The summed E-state index contributed by atoms with van der Waals surface area (Å²) in [6, 6.07) is 5.97. The highest BCUT2D eigenvalue weighted by molar-refractivity contribution is 6.30. The van der Waals surface area contributed by atoms with Crippen LogP contribution in [0.5, 0.6) is 0 Å². The molecule has 1 aliphatic heterocycles. The summed E-state index contributed by atoms with van der Waals surface area (Å²) in [4.78, 5) is 36.6. The van der Waals surface area contributed by atoms with Gasteiger partial charge in [0, 0.05) is 11.6 Å². The van der Waals surface area contributed by atoms with Crippen molar-refractivity contribution in [1.82, 2.24) is 15.5 Å². The molecule has 6 nitrogen and oxygen atoms in total. The van der Waals surface area contributed by atoms with E-state index in [1.54, 1.807) is 24.3 Å². The van der Waals surface area contributed by atoms with Gasteiger partial charge in [0.15, 0.2) is 0 Å². The summed E-state index contributed by atoms with van der Waals surface area (Å²) in [5.74, 6) is -0.761. The van der Waals surface area contributed by atoms with Gasteiger partial charge in [-0.15, -0.1) is 0 Å². The fourth-order valence-electron chi connectivity index (χ4n) is 2.14. The van der Waals surface area contributed by atoms with E-state index in [0.717, 1.165) is 10.5 Å². The molecule has 7 heteroatoms. The molecule has 1 aliphatic rings. The first-order chi connectivity index (χ1) is 10.4. The van der Waals surface area contributed by atoms with Gasteiger partial charge in [0.05, 0.1) is 0 Å². The van der Waals surface area contributed by atoms with Gasteiger partial charge < -0.3 is 10.6 Å². The van der Waals surface area contributed by atoms with Gasteiger partial charge in [0.1, 0.15) is 12.6 Å². The minimum Gasteiger partial charge on any atom is -0.350 e. The zero-order chi connectivity index (χ0) is 16.3. The number of nitrogens with one attached hydrogen (secondary N) is 2. The quantitative estimate of drug-likeness (QED) is 0.807. The van der Waals surface area contributed by atoms with Crippen molar-refractivity contribution in [3.63, 3.8) is 0 Å². The van der Waals surface area contributed by atoms with E-state index in [1.165, 1.54) is 0 Å². The van der Waals surface area contributed by atoms with Crippen molar-refractivity contribution in [1.29, 1.82) is 0 Å². The Balaban J connectivity index is 1.88. The van der Waals surface area contributed by atoms with Crippen molar-refractivity contribution < 1.29 is 14.4 Å². The van der Waals surface area contributed by atoms with Gasteiger partial charge in [-0.25, -0.2) is 4.79 Å². The second kappa shape index (κ2) is 6.79. The second-order valence-electron chi connectivity index (χ2n) is 5.50. The van der Waals surface area contributed by atoms with Gasteiger partial charge in [-0.2, -0.15) is 0 Å². The average molecular weight is 324 g/mol. The summed E-state index contributed by atoms with van der Waals surface area (Å²) < 4.78 is 0. The fraction of sp³-hybridized carbons (Fsp3) is 0.400. The van der Waals surface area contributed by atoms with Crippen LogP contribution >= 0.6 is 11.6 Å². The SMILES string of the molecule is CC(C)C1NC(=O)N(CC(=O)NCc2ccc(Cl)cc2)C1=O. The lowest BCUT2D eigenvalue weighted by Gasteiger charge is -2.14. The number of urea groups is 1. The second-order valence-corrected chi connectivity index (χ2v) is 5.94. The molecular weight excluding hydrogens is 306 g/mol. The molecule has 0 spiro atoms. The molecule has 2 N–H and O–H groups in total. The third kappa shape index (κ3) is 3.76. The van der Waals surface area contributed by atoms with Crippen molar-refractivity contribution in [2.24, 2.45) is 5.92 Å². The van der Waals surface area contributed by atoms with E-state index in [1.807, 2.05) is 13.8 Å². The van der Waals surface area contributed by atoms with Crippen LogP contribution in [0.3, 0.4) is 0 Å². The zero-order valence-electron chi connectivity index (χ0n) is 12.4. The molecule has 4 amide bonds. The van der Waals surface area contributed by atoms with Crippen LogP contribution in [0.25, 0.3) is 0 Å². The Bertz CT molecular complexity index is 586. The van der Waals surface area contributed by atoms with E-state index < -0.39 is 12.1 Å². The molecule has 0 bridgehead atoms. The molecule has 0 aromatic heterocycles. The highest BCUT2D eigenvalue weighted by Gasteiger charge is 2.40. The van der Waals surface area contributed by atoms with Crippen LogP contribution in [-0.4, -0.2) is 35.3 Å². The Hall–Kier alpha value is -2.08. The first-order valence-electron chi connectivity index (χ1n) is 7.01. The summed E-state index contributed by atoms with van der Waals surface area (Å²) in [5, 5.41) is 5.88. The molecule has 1 atom stereocenters. The molecule has 1 saturated heterocycles. The minimum atomic E-state index is -0.559. The normalized spacial score (nSPS) is 17.8. The number of benzene rings is 1. The van der Waals surface area contributed by atoms with Gasteiger partial charge in [-0.05, 0) is 23.6 Å². The van der Waals surface area contributed by atoms with Crippen molar-refractivity contribution in [2.75, 3.05) is 6.54 Å². The van der Waals surface area contributed by atoms with E-state index >= 15 is 0 Å². The number of hydrogen-bond acceptors (Lipinski definition) is 3. The summed E-state index contributed by atoms with van der Waals surface area (Å²) in [7, 11) is 0. The number of rotatable bonds is 5. The summed E-state index contributed by atoms with van der Waals surface area (Å²) in [5.41, 5.74) is 0.884. The first-order valence-corrected chi connectivity index (χ1v) is 7.39. The molecule has 22 heavy (non-hydrogen) atoms.